The monoisotopic (exact) mass is 484 g/mol. The van der Waals surface area contributed by atoms with Crippen molar-refractivity contribution in [3.63, 3.8) is 0 Å². The van der Waals surface area contributed by atoms with Crippen molar-refractivity contribution >= 4 is 11.8 Å². The van der Waals surface area contributed by atoms with Crippen molar-refractivity contribution < 1.29 is 19.4 Å². The summed E-state index contributed by atoms with van der Waals surface area (Å²) in [6.07, 6.45) is 11.8. The molecule has 0 aromatic heterocycles. The lowest BCUT2D eigenvalue weighted by Crippen LogP contribution is -2.66. The molecule has 0 heterocycles. The zero-order valence-corrected chi connectivity index (χ0v) is 23.3. The number of carbonyl (C=O) groups is 2. The molecule has 0 bridgehead atoms. The molecule has 0 aromatic rings. The van der Waals surface area contributed by atoms with E-state index in [0.717, 1.165) is 57.8 Å². The summed E-state index contributed by atoms with van der Waals surface area (Å²) < 4.78 is 5.46. The maximum atomic E-state index is 13.4. The summed E-state index contributed by atoms with van der Waals surface area (Å²) in [5.41, 5.74) is 0.607. The molecule has 0 saturated heterocycles. The summed E-state index contributed by atoms with van der Waals surface area (Å²) in [6.45, 7) is 14.1. The smallest absolute Gasteiger partial charge is 0.312 e. The highest BCUT2D eigenvalue weighted by Crippen LogP contribution is 2.75. The van der Waals surface area contributed by atoms with Crippen LogP contribution in [-0.4, -0.2) is 30.6 Å². The molecule has 4 heteroatoms. The Morgan fingerprint density at radius 1 is 1.00 bits per heavy atom. The molecule has 4 nitrogen and oxygen atoms in total. The van der Waals surface area contributed by atoms with Crippen molar-refractivity contribution in [2.75, 3.05) is 13.7 Å². The third-order valence-corrected chi connectivity index (χ3v) is 12.9. The minimum atomic E-state index is -0.446. The minimum absolute atomic E-state index is 0.0303. The molecule has 5 rings (SSSR count). The first-order valence-corrected chi connectivity index (χ1v) is 14.2. The van der Waals surface area contributed by atoms with Gasteiger partial charge in [0.1, 0.15) is 5.78 Å². The SMILES string of the molecule is COC(=O)[C@]12CCC(C)(C)CC1C1=CC[C@@H]3[C@@]4(C)CCC(=O)C(C)(C)C4CC[C@@]3(C)[C@]1(CO)CC2. The van der Waals surface area contributed by atoms with Crippen LogP contribution in [-0.2, 0) is 14.3 Å². The van der Waals surface area contributed by atoms with Gasteiger partial charge in [-0.15, -0.1) is 0 Å². The summed E-state index contributed by atoms with van der Waals surface area (Å²) in [4.78, 5) is 26.3. The number of Topliss-reactive ketones (excluding diaryl/α,β-unsaturated/α-hetero) is 1. The number of aliphatic hydroxyl groups excluding tert-OH is 1. The Kier molecular flexibility index (Phi) is 5.59. The van der Waals surface area contributed by atoms with Crippen LogP contribution in [0.4, 0.5) is 0 Å². The van der Waals surface area contributed by atoms with Gasteiger partial charge in [-0.25, -0.2) is 0 Å². The Morgan fingerprint density at radius 3 is 2.34 bits per heavy atom. The first kappa shape index (κ1) is 25.5. The van der Waals surface area contributed by atoms with Crippen LogP contribution in [0.3, 0.4) is 0 Å². The Hall–Kier alpha value is -1.16. The topological polar surface area (TPSA) is 63.6 Å². The molecular formula is C31H48O4. The first-order valence-electron chi connectivity index (χ1n) is 14.2. The van der Waals surface area contributed by atoms with Crippen molar-refractivity contribution in [2.45, 2.75) is 106 Å². The molecule has 5 aliphatic carbocycles. The number of carbonyl (C=O) groups excluding carboxylic acids is 2. The molecule has 4 saturated carbocycles. The molecule has 0 spiro atoms. The maximum Gasteiger partial charge on any atom is 0.312 e. The summed E-state index contributed by atoms with van der Waals surface area (Å²) in [5.74, 6) is 1.37. The third-order valence-electron chi connectivity index (χ3n) is 12.9. The molecule has 1 N–H and O–H groups in total. The van der Waals surface area contributed by atoms with Gasteiger partial charge in [0, 0.05) is 17.3 Å². The van der Waals surface area contributed by atoms with E-state index >= 15 is 0 Å². The molecule has 0 aromatic carbocycles. The Balaban J connectivity index is 1.63. The van der Waals surface area contributed by atoms with Gasteiger partial charge in [-0.2, -0.15) is 0 Å². The Morgan fingerprint density at radius 2 is 1.69 bits per heavy atom. The summed E-state index contributed by atoms with van der Waals surface area (Å²) in [6, 6.07) is 0. The van der Waals surface area contributed by atoms with E-state index < -0.39 is 5.41 Å². The van der Waals surface area contributed by atoms with Crippen LogP contribution < -0.4 is 0 Å². The van der Waals surface area contributed by atoms with Crippen LogP contribution in [0.2, 0.25) is 0 Å². The third kappa shape index (κ3) is 3.07. The van der Waals surface area contributed by atoms with Gasteiger partial charge >= 0.3 is 5.97 Å². The fraction of sp³-hybridized carbons (Fsp3) is 0.871. The van der Waals surface area contributed by atoms with Gasteiger partial charge in [0.05, 0.1) is 19.1 Å². The standard InChI is InChI=1S/C31H48O4/c1-26(2)14-15-30(25(34)35-7)16-17-31(19-32)20(21(30)18-26)8-9-23-28(5)12-11-24(33)27(3,4)22(28)10-13-29(23,31)6/h8,21-23,32H,9-19H2,1-7H3/t21?,22?,23-,28+,29-,30+,31+/m1/s1. The predicted molar refractivity (Wildman–Crippen MR) is 137 cm³/mol. The van der Waals surface area contributed by atoms with E-state index in [1.807, 2.05) is 0 Å². The highest BCUT2D eigenvalue weighted by Gasteiger charge is 2.70. The van der Waals surface area contributed by atoms with Crippen molar-refractivity contribution in [1.82, 2.24) is 0 Å². The van der Waals surface area contributed by atoms with Crippen LogP contribution in [0.15, 0.2) is 11.6 Å². The minimum Gasteiger partial charge on any atom is -0.469 e. The molecule has 2 unspecified atom stereocenters. The van der Waals surface area contributed by atoms with E-state index in [0.29, 0.717) is 24.0 Å². The van der Waals surface area contributed by atoms with E-state index in [9.17, 15) is 14.7 Å². The van der Waals surface area contributed by atoms with E-state index in [2.05, 4.69) is 47.6 Å². The number of fused-ring (bicyclic) bond motifs is 7. The molecular weight excluding hydrogens is 436 g/mol. The van der Waals surface area contributed by atoms with Crippen molar-refractivity contribution in [2.24, 2.45) is 50.2 Å². The average molecular weight is 485 g/mol. The second kappa shape index (κ2) is 7.68. The lowest BCUT2D eigenvalue weighted by atomic mass is 9.33. The molecule has 7 atom stereocenters. The molecule has 4 fully saturated rings. The van der Waals surface area contributed by atoms with Crippen molar-refractivity contribution in [3.8, 4) is 0 Å². The number of aliphatic hydroxyl groups is 1. The van der Waals surface area contributed by atoms with E-state index in [1.54, 1.807) is 7.11 Å². The number of hydrogen-bond acceptors (Lipinski definition) is 4. The Labute approximate surface area is 212 Å². The van der Waals surface area contributed by atoms with Gasteiger partial charge in [0.25, 0.3) is 0 Å². The number of allylic oxidation sites excluding steroid dienone is 1. The van der Waals surface area contributed by atoms with Crippen LogP contribution >= 0.6 is 0 Å². The number of hydrogen-bond donors (Lipinski definition) is 1. The zero-order chi connectivity index (χ0) is 25.7. The van der Waals surface area contributed by atoms with Gasteiger partial charge in [0.15, 0.2) is 0 Å². The summed E-state index contributed by atoms with van der Waals surface area (Å²) in [5, 5.41) is 11.3. The van der Waals surface area contributed by atoms with Crippen LogP contribution in [0.25, 0.3) is 0 Å². The van der Waals surface area contributed by atoms with Crippen LogP contribution in [0.1, 0.15) is 106 Å². The van der Waals surface area contributed by atoms with E-state index in [4.69, 9.17) is 4.74 Å². The van der Waals surface area contributed by atoms with E-state index in [1.165, 1.54) is 5.57 Å². The zero-order valence-electron chi connectivity index (χ0n) is 23.3. The average Bonchev–Trinajstić information content (AvgIpc) is 2.80. The maximum absolute atomic E-state index is 13.4. The number of methoxy groups -OCH3 is 1. The molecule has 5 aliphatic rings. The molecule has 196 valence electrons. The second-order valence-corrected chi connectivity index (χ2v) is 14.9. The van der Waals surface area contributed by atoms with Gasteiger partial charge in [-0.05, 0) is 91.8 Å². The van der Waals surface area contributed by atoms with Crippen molar-refractivity contribution in [1.29, 1.82) is 0 Å². The molecule has 0 aliphatic heterocycles. The summed E-state index contributed by atoms with van der Waals surface area (Å²) in [7, 11) is 1.54. The van der Waals surface area contributed by atoms with Crippen LogP contribution in [0.5, 0.6) is 0 Å². The van der Waals surface area contributed by atoms with E-state index in [-0.39, 0.29) is 45.6 Å². The quantitative estimate of drug-likeness (QED) is 0.359. The van der Waals surface area contributed by atoms with Gasteiger partial charge in [-0.3, -0.25) is 9.59 Å². The predicted octanol–water partition coefficient (Wildman–Crippen LogP) is 6.50. The van der Waals surface area contributed by atoms with Gasteiger partial charge < -0.3 is 9.84 Å². The number of rotatable bonds is 2. The largest absolute Gasteiger partial charge is 0.469 e. The normalized spacial score (nSPS) is 47.9. The van der Waals surface area contributed by atoms with Gasteiger partial charge in [0.2, 0.25) is 0 Å². The molecule has 0 radical (unpaired) electrons. The van der Waals surface area contributed by atoms with Gasteiger partial charge in [-0.1, -0.05) is 53.2 Å². The molecule has 35 heavy (non-hydrogen) atoms. The lowest BCUT2D eigenvalue weighted by molar-refractivity contribution is -0.199. The van der Waals surface area contributed by atoms with Crippen molar-refractivity contribution in [3.05, 3.63) is 11.6 Å². The number of esters is 1. The van der Waals surface area contributed by atoms with Crippen LogP contribution in [0, 0.1) is 50.2 Å². The molecule has 0 amide bonds. The number of ketones is 1. The first-order chi connectivity index (χ1) is 16.2. The summed E-state index contributed by atoms with van der Waals surface area (Å²) >= 11 is 0. The second-order valence-electron chi connectivity index (χ2n) is 14.9. The fourth-order valence-corrected chi connectivity index (χ4v) is 10.8. The Bertz CT molecular complexity index is 961. The number of ether oxygens (including phenoxy) is 1. The lowest BCUT2D eigenvalue weighted by Gasteiger charge is -2.70. The fourth-order valence-electron chi connectivity index (χ4n) is 10.8. The highest BCUT2D eigenvalue weighted by atomic mass is 16.5. The highest BCUT2D eigenvalue weighted by molar-refractivity contribution is 5.85.